The van der Waals surface area contributed by atoms with E-state index in [9.17, 15) is 18.0 Å². The predicted molar refractivity (Wildman–Crippen MR) is 76.0 cm³/mol. The number of halogens is 5. The summed E-state index contributed by atoms with van der Waals surface area (Å²) in [6.07, 6.45) is -4.56. The van der Waals surface area contributed by atoms with Gasteiger partial charge in [-0.2, -0.15) is 13.2 Å². The van der Waals surface area contributed by atoms with Crippen LogP contribution >= 0.6 is 23.2 Å². The van der Waals surface area contributed by atoms with E-state index in [1.54, 1.807) is 0 Å². The van der Waals surface area contributed by atoms with Crippen molar-refractivity contribution in [3.63, 3.8) is 0 Å². The van der Waals surface area contributed by atoms with E-state index in [-0.39, 0.29) is 15.6 Å². The van der Waals surface area contributed by atoms with Crippen LogP contribution in [0.4, 0.5) is 13.2 Å². The third-order valence-electron chi connectivity index (χ3n) is 2.59. The molecule has 0 spiro atoms. The van der Waals surface area contributed by atoms with E-state index in [0.29, 0.717) is 5.56 Å². The number of carboxylic acids is 1. The van der Waals surface area contributed by atoms with Gasteiger partial charge in [-0.25, -0.2) is 4.79 Å². The Morgan fingerprint density at radius 2 is 1.87 bits per heavy atom. The summed E-state index contributed by atoms with van der Waals surface area (Å²) in [5.74, 6) is -1.87. The summed E-state index contributed by atoms with van der Waals surface area (Å²) < 4.78 is 41.0. The molecular formula is C13H7Cl2F3N2O3. The molecule has 0 unspecified atom stereocenters. The van der Waals surface area contributed by atoms with Gasteiger partial charge in [0.15, 0.2) is 12.3 Å². The lowest BCUT2D eigenvalue weighted by atomic mass is 10.0. The Labute approximate surface area is 137 Å². The van der Waals surface area contributed by atoms with E-state index in [1.807, 2.05) is 0 Å². The molecule has 1 aromatic carbocycles. The Kier molecular flexibility index (Phi) is 4.96. The monoisotopic (exact) mass is 366 g/mol. The first-order valence-corrected chi connectivity index (χ1v) is 6.69. The van der Waals surface area contributed by atoms with Gasteiger partial charge in [-0.1, -0.05) is 29.3 Å². The minimum absolute atomic E-state index is 0.00300. The van der Waals surface area contributed by atoms with Crippen molar-refractivity contribution in [3.05, 3.63) is 40.0 Å². The predicted octanol–water partition coefficient (Wildman–Crippen LogP) is 4.09. The number of rotatable bonds is 4. The number of hydrogen-bond acceptors (Lipinski definition) is 4. The number of carboxylic acid groups (broad SMARTS) is 1. The highest BCUT2D eigenvalue weighted by molar-refractivity contribution is 6.42. The maximum atomic E-state index is 12.2. The van der Waals surface area contributed by atoms with Gasteiger partial charge in [0.2, 0.25) is 5.88 Å². The molecule has 2 rings (SSSR count). The molecule has 2 aromatic rings. The summed E-state index contributed by atoms with van der Waals surface area (Å²) in [6.45, 7) is -1.57. The maximum absolute atomic E-state index is 12.2. The van der Waals surface area contributed by atoms with Gasteiger partial charge >= 0.3 is 12.1 Å². The Hall–Kier alpha value is -2.06. The SMILES string of the molecule is O=C(O)c1nnc(OCC(F)(F)F)cc1-c1ccc(Cl)c(Cl)c1. The zero-order chi connectivity index (χ0) is 17.2. The molecular weight excluding hydrogens is 360 g/mol. The van der Waals surface area contributed by atoms with Crippen molar-refractivity contribution in [1.29, 1.82) is 0 Å². The summed E-state index contributed by atoms with van der Waals surface area (Å²) in [5, 5.41) is 16.2. The number of hydrogen-bond donors (Lipinski definition) is 1. The van der Waals surface area contributed by atoms with Crippen LogP contribution in [0.15, 0.2) is 24.3 Å². The van der Waals surface area contributed by atoms with Crippen LogP contribution in [0.25, 0.3) is 11.1 Å². The highest BCUT2D eigenvalue weighted by atomic mass is 35.5. The van der Waals surface area contributed by atoms with Crippen molar-refractivity contribution in [2.45, 2.75) is 6.18 Å². The number of nitrogens with zero attached hydrogens (tertiary/aromatic N) is 2. The van der Waals surface area contributed by atoms with Gasteiger partial charge in [-0.05, 0) is 17.7 Å². The molecule has 0 saturated carbocycles. The van der Waals surface area contributed by atoms with Crippen LogP contribution in [0.5, 0.6) is 5.88 Å². The summed E-state index contributed by atoms with van der Waals surface area (Å²) in [7, 11) is 0. The number of alkyl halides is 3. The summed E-state index contributed by atoms with van der Waals surface area (Å²) in [4.78, 5) is 11.2. The minimum atomic E-state index is -4.56. The maximum Gasteiger partial charge on any atom is 0.422 e. The summed E-state index contributed by atoms with van der Waals surface area (Å²) >= 11 is 11.6. The van der Waals surface area contributed by atoms with E-state index < -0.39 is 30.3 Å². The minimum Gasteiger partial charge on any atom is -0.476 e. The highest BCUT2D eigenvalue weighted by Gasteiger charge is 2.29. The lowest BCUT2D eigenvalue weighted by Gasteiger charge is -2.11. The lowest BCUT2D eigenvalue weighted by Crippen LogP contribution is -2.20. The molecule has 0 radical (unpaired) electrons. The van der Waals surface area contributed by atoms with Gasteiger partial charge in [0.1, 0.15) is 0 Å². The van der Waals surface area contributed by atoms with Crippen LogP contribution in [0.1, 0.15) is 10.5 Å². The normalized spacial score (nSPS) is 11.3. The molecule has 0 aliphatic carbocycles. The van der Waals surface area contributed by atoms with Crippen molar-refractivity contribution in [1.82, 2.24) is 10.2 Å². The molecule has 10 heteroatoms. The van der Waals surface area contributed by atoms with Gasteiger partial charge in [-0.15, -0.1) is 10.2 Å². The fraction of sp³-hybridized carbons (Fsp3) is 0.154. The topological polar surface area (TPSA) is 72.3 Å². The van der Waals surface area contributed by atoms with Gasteiger partial charge in [0, 0.05) is 11.6 Å². The second-order valence-electron chi connectivity index (χ2n) is 4.28. The van der Waals surface area contributed by atoms with Crippen molar-refractivity contribution in [3.8, 4) is 17.0 Å². The van der Waals surface area contributed by atoms with Crippen molar-refractivity contribution >= 4 is 29.2 Å². The van der Waals surface area contributed by atoms with Crippen LogP contribution in [0, 0.1) is 0 Å². The average Bonchev–Trinajstić information content (AvgIpc) is 2.47. The molecule has 0 amide bonds. The second-order valence-corrected chi connectivity index (χ2v) is 5.10. The van der Waals surface area contributed by atoms with Crippen molar-refractivity contribution < 1.29 is 27.8 Å². The molecule has 1 heterocycles. The van der Waals surface area contributed by atoms with Gasteiger partial charge < -0.3 is 9.84 Å². The zero-order valence-electron chi connectivity index (χ0n) is 11.1. The van der Waals surface area contributed by atoms with Gasteiger partial charge in [0.05, 0.1) is 10.0 Å². The zero-order valence-corrected chi connectivity index (χ0v) is 12.6. The van der Waals surface area contributed by atoms with Crippen molar-refractivity contribution in [2.75, 3.05) is 6.61 Å². The number of carbonyl (C=O) groups is 1. The standard InChI is InChI=1S/C13H7Cl2F3N2O3/c14-8-2-1-6(3-9(8)15)7-4-10(23-5-13(16,17)18)19-20-11(7)12(21)22/h1-4H,5H2,(H,21,22). The fourth-order valence-corrected chi connectivity index (χ4v) is 1.94. The molecule has 0 bridgehead atoms. The summed E-state index contributed by atoms with van der Waals surface area (Å²) in [6, 6.07) is 5.27. The molecule has 0 fully saturated rings. The Morgan fingerprint density at radius 3 is 2.43 bits per heavy atom. The largest absolute Gasteiger partial charge is 0.476 e. The van der Waals surface area contributed by atoms with Gasteiger partial charge in [-0.3, -0.25) is 0 Å². The first-order chi connectivity index (χ1) is 10.7. The van der Waals surface area contributed by atoms with Crippen LogP contribution in [0.3, 0.4) is 0 Å². The Morgan fingerprint density at radius 1 is 1.17 bits per heavy atom. The van der Waals surface area contributed by atoms with Crippen LogP contribution < -0.4 is 4.74 Å². The highest BCUT2D eigenvalue weighted by Crippen LogP contribution is 2.31. The molecule has 0 saturated heterocycles. The van der Waals surface area contributed by atoms with Crippen molar-refractivity contribution in [2.24, 2.45) is 0 Å². The first-order valence-electron chi connectivity index (χ1n) is 5.93. The van der Waals surface area contributed by atoms with Crippen LogP contribution in [-0.4, -0.2) is 34.1 Å². The number of aromatic carboxylic acids is 1. The van der Waals surface area contributed by atoms with E-state index in [1.165, 1.54) is 18.2 Å². The van der Waals surface area contributed by atoms with Crippen LogP contribution in [0.2, 0.25) is 10.0 Å². The smallest absolute Gasteiger partial charge is 0.422 e. The van der Waals surface area contributed by atoms with E-state index in [4.69, 9.17) is 28.3 Å². The molecule has 23 heavy (non-hydrogen) atoms. The molecule has 122 valence electrons. The second kappa shape index (κ2) is 6.59. The molecule has 0 aliphatic heterocycles. The quantitative estimate of drug-likeness (QED) is 0.881. The molecule has 0 atom stereocenters. The van der Waals surface area contributed by atoms with Gasteiger partial charge in [0.25, 0.3) is 0 Å². The first kappa shape index (κ1) is 17.3. The third-order valence-corrected chi connectivity index (χ3v) is 3.33. The van der Waals surface area contributed by atoms with E-state index in [0.717, 1.165) is 6.07 Å². The summed E-state index contributed by atoms with van der Waals surface area (Å²) in [5.41, 5.74) is -0.158. The number of aromatic nitrogens is 2. The molecule has 0 aliphatic rings. The third kappa shape index (κ3) is 4.46. The molecule has 1 N–H and O–H groups in total. The Bertz CT molecular complexity index is 754. The molecule has 1 aromatic heterocycles. The molecule has 5 nitrogen and oxygen atoms in total. The number of ether oxygens (including phenoxy) is 1. The van der Waals surface area contributed by atoms with E-state index in [2.05, 4.69) is 14.9 Å². The fourth-order valence-electron chi connectivity index (χ4n) is 1.64. The van der Waals surface area contributed by atoms with E-state index >= 15 is 0 Å². The van der Waals surface area contributed by atoms with Crippen LogP contribution in [-0.2, 0) is 0 Å². The Balaban J connectivity index is 2.45. The number of benzene rings is 1. The average molecular weight is 367 g/mol. The lowest BCUT2D eigenvalue weighted by molar-refractivity contribution is -0.154.